The van der Waals surface area contributed by atoms with Crippen LogP contribution < -0.4 is 10.1 Å². The molecule has 0 fully saturated rings. The Kier molecular flexibility index (Phi) is 4.62. The van der Waals surface area contributed by atoms with Gasteiger partial charge >= 0.3 is 0 Å². The van der Waals surface area contributed by atoms with E-state index in [2.05, 4.69) is 5.32 Å². The number of fused-ring (bicyclic) bond motifs is 1. The van der Waals surface area contributed by atoms with Gasteiger partial charge in [-0.1, -0.05) is 12.1 Å². The number of carbonyl (C=O) groups is 1. The second kappa shape index (κ2) is 6.84. The number of amides is 1. The Balaban J connectivity index is 1.80. The van der Waals surface area contributed by atoms with Crippen molar-refractivity contribution < 1.29 is 18.7 Å². The number of anilines is 1. The Bertz CT molecular complexity index is 814. The summed E-state index contributed by atoms with van der Waals surface area (Å²) in [5, 5.41) is 2.83. The van der Waals surface area contributed by atoms with E-state index in [4.69, 9.17) is 9.47 Å². The van der Waals surface area contributed by atoms with Crippen LogP contribution in [0.15, 0.2) is 36.4 Å². The fourth-order valence-corrected chi connectivity index (χ4v) is 2.56. The average molecular weight is 327 g/mol. The molecule has 1 heterocycles. The van der Waals surface area contributed by atoms with Gasteiger partial charge in [0.05, 0.1) is 6.61 Å². The lowest BCUT2D eigenvalue weighted by Gasteiger charge is -2.19. The van der Waals surface area contributed by atoms with Crippen LogP contribution in [0, 0.1) is 19.7 Å². The van der Waals surface area contributed by atoms with Gasteiger partial charge in [0.1, 0.15) is 11.6 Å². The van der Waals surface area contributed by atoms with Crippen LogP contribution in [0.25, 0.3) is 6.08 Å². The molecule has 1 N–H and O–H groups in total. The van der Waals surface area contributed by atoms with Crippen LogP contribution in [0.5, 0.6) is 5.75 Å². The van der Waals surface area contributed by atoms with Crippen molar-refractivity contribution in [3.05, 3.63) is 64.5 Å². The first kappa shape index (κ1) is 16.2. The summed E-state index contributed by atoms with van der Waals surface area (Å²) in [6, 6.07) is 8.43. The minimum atomic E-state index is -0.391. The normalized spacial score (nSPS) is 13.5. The van der Waals surface area contributed by atoms with E-state index in [0.717, 1.165) is 16.8 Å². The molecule has 1 aliphatic heterocycles. The Morgan fingerprint density at radius 3 is 2.96 bits per heavy atom. The summed E-state index contributed by atoms with van der Waals surface area (Å²) in [4.78, 5) is 12.1. The Hall–Kier alpha value is -2.66. The summed E-state index contributed by atoms with van der Waals surface area (Å²) in [5.41, 5.74) is 4.03. The zero-order chi connectivity index (χ0) is 17.1. The second-order valence-electron chi connectivity index (χ2n) is 5.66. The Labute approximate surface area is 139 Å². The van der Waals surface area contributed by atoms with Crippen molar-refractivity contribution in [2.75, 3.05) is 12.1 Å². The van der Waals surface area contributed by atoms with Crippen LogP contribution in [0.4, 0.5) is 10.1 Å². The predicted molar refractivity (Wildman–Crippen MR) is 90.3 cm³/mol. The van der Waals surface area contributed by atoms with Crippen LogP contribution in [0.1, 0.15) is 22.3 Å². The first-order valence-electron chi connectivity index (χ1n) is 7.63. The first-order chi connectivity index (χ1) is 11.5. The molecule has 2 aromatic carbocycles. The number of nitrogens with one attached hydrogen (secondary N) is 1. The first-order valence-corrected chi connectivity index (χ1v) is 7.63. The second-order valence-corrected chi connectivity index (χ2v) is 5.66. The molecule has 0 unspecified atom stereocenters. The maximum Gasteiger partial charge on any atom is 0.248 e. The topological polar surface area (TPSA) is 47.6 Å². The highest BCUT2D eigenvalue weighted by molar-refractivity contribution is 6.02. The van der Waals surface area contributed by atoms with Gasteiger partial charge in [-0.25, -0.2) is 4.39 Å². The highest BCUT2D eigenvalue weighted by Gasteiger charge is 2.15. The van der Waals surface area contributed by atoms with Crippen LogP contribution in [-0.2, 0) is 16.1 Å². The van der Waals surface area contributed by atoms with Crippen LogP contribution in [0.2, 0.25) is 0 Å². The van der Waals surface area contributed by atoms with Crippen molar-refractivity contribution in [3.8, 4) is 5.75 Å². The molecule has 124 valence electrons. The number of halogens is 1. The van der Waals surface area contributed by atoms with E-state index in [1.807, 2.05) is 32.0 Å². The zero-order valence-electron chi connectivity index (χ0n) is 13.6. The molecule has 0 spiro atoms. The Morgan fingerprint density at radius 2 is 2.12 bits per heavy atom. The third-order valence-electron chi connectivity index (χ3n) is 3.98. The van der Waals surface area contributed by atoms with Crippen molar-refractivity contribution in [1.29, 1.82) is 0 Å². The number of rotatable bonds is 3. The summed E-state index contributed by atoms with van der Waals surface area (Å²) in [6.45, 7) is 4.35. The third-order valence-corrected chi connectivity index (χ3v) is 3.98. The summed E-state index contributed by atoms with van der Waals surface area (Å²) < 4.78 is 24.2. The number of aryl methyl sites for hydroxylation is 1. The molecule has 0 radical (unpaired) electrons. The van der Waals surface area contributed by atoms with Crippen molar-refractivity contribution in [3.63, 3.8) is 0 Å². The summed E-state index contributed by atoms with van der Waals surface area (Å²) in [7, 11) is 0. The number of ether oxygens (including phenoxy) is 2. The minimum Gasteiger partial charge on any atom is -0.467 e. The quantitative estimate of drug-likeness (QED) is 0.868. The molecule has 0 saturated heterocycles. The predicted octanol–water partition coefficient (Wildman–Crippen LogP) is 3.96. The number of benzene rings is 2. The molecule has 0 aromatic heterocycles. The van der Waals surface area contributed by atoms with Gasteiger partial charge in [0, 0.05) is 22.9 Å². The van der Waals surface area contributed by atoms with Crippen molar-refractivity contribution in [2.24, 2.45) is 0 Å². The van der Waals surface area contributed by atoms with Gasteiger partial charge in [-0.2, -0.15) is 0 Å². The maximum atomic E-state index is 13.7. The smallest absolute Gasteiger partial charge is 0.248 e. The molecule has 3 rings (SSSR count). The summed E-state index contributed by atoms with van der Waals surface area (Å²) >= 11 is 0. The van der Waals surface area contributed by atoms with Crippen LogP contribution >= 0.6 is 0 Å². The summed E-state index contributed by atoms with van der Waals surface area (Å²) in [6.07, 6.45) is 2.92. The van der Waals surface area contributed by atoms with E-state index in [1.54, 1.807) is 6.08 Å². The van der Waals surface area contributed by atoms with E-state index in [0.29, 0.717) is 23.5 Å². The molecule has 0 bridgehead atoms. The van der Waals surface area contributed by atoms with E-state index >= 15 is 0 Å². The summed E-state index contributed by atoms with van der Waals surface area (Å²) in [5.74, 6) is -0.121. The molecule has 4 nitrogen and oxygen atoms in total. The maximum absolute atomic E-state index is 13.7. The molecule has 2 aromatic rings. The number of carbonyl (C=O) groups excluding carboxylic acids is 1. The van der Waals surface area contributed by atoms with Gasteiger partial charge < -0.3 is 14.8 Å². The van der Waals surface area contributed by atoms with Crippen LogP contribution in [-0.4, -0.2) is 12.7 Å². The minimum absolute atomic E-state index is 0.119. The van der Waals surface area contributed by atoms with Crippen molar-refractivity contribution >= 4 is 17.7 Å². The van der Waals surface area contributed by atoms with E-state index < -0.39 is 5.82 Å². The SMILES string of the molecule is Cc1cccc(NC(=O)C=Cc2cc(F)cc3c2OCOC3)c1C. The van der Waals surface area contributed by atoms with Gasteiger partial charge in [0.2, 0.25) is 5.91 Å². The zero-order valence-corrected chi connectivity index (χ0v) is 13.6. The van der Waals surface area contributed by atoms with E-state index in [-0.39, 0.29) is 12.7 Å². The largest absolute Gasteiger partial charge is 0.467 e. The molecule has 0 saturated carbocycles. The molecule has 5 heteroatoms. The van der Waals surface area contributed by atoms with Crippen LogP contribution in [0.3, 0.4) is 0 Å². The fourth-order valence-electron chi connectivity index (χ4n) is 2.56. The van der Waals surface area contributed by atoms with E-state index in [9.17, 15) is 9.18 Å². The molecule has 1 aliphatic rings. The molecular weight excluding hydrogens is 309 g/mol. The number of hydrogen-bond acceptors (Lipinski definition) is 3. The van der Waals surface area contributed by atoms with Gasteiger partial charge in [-0.3, -0.25) is 4.79 Å². The number of hydrogen-bond donors (Lipinski definition) is 1. The molecule has 24 heavy (non-hydrogen) atoms. The molecule has 0 atom stereocenters. The monoisotopic (exact) mass is 327 g/mol. The van der Waals surface area contributed by atoms with Gasteiger partial charge in [-0.15, -0.1) is 0 Å². The third kappa shape index (κ3) is 3.46. The average Bonchev–Trinajstić information content (AvgIpc) is 2.56. The lowest BCUT2D eigenvalue weighted by Crippen LogP contribution is -2.13. The Morgan fingerprint density at radius 1 is 1.29 bits per heavy atom. The molecule has 0 aliphatic carbocycles. The van der Waals surface area contributed by atoms with Gasteiger partial charge in [0.25, 0.3) is 0 Å². The van der Waals surface area contributed by atoms with Gasteiger partial charge in [0.15, 0.2) is 6.79 Å². The lowest BCUT2D eigenvalue weighted by atomic mass is 10.1. The highest BCUT2D eigenvalue weighted by Crippen LogP contribution is 2.30. The standard InChI is InChI=1S/C19H18FNO3/c1-12-4-3-5-17(13(12)2)21-18(22)7-6-14-8-16(20)9-15-10-23-11-24-19(14)15/h3-9H,10-11H2,1-2H3,(H,21,22). The fraction of sp³-hybridized carbons (Fsp3) is 0.211. The molecule has 1 amide bonds. The lowest BCUT2D eigenvalue weighted by molar-refractivity contribution is -0.111. The van der Waals surface area contributed by atoms with E-state index in [1.165, 1.54) is 18.2 Å². The van der Waals surface area contributed by atoms with Gasteiger partial charge in [-0.05, 0) is 49.2 Å². The highest BCUT2D eigenvalue weighted by atomic mass is 19.1. The van der Waals surface area contributed by atoms with Crippen molar-refractivity contribution in [2.45, 2.75) is 20.5 Å². The van der Waals surface area contributed by atoms with Crippen molar-refractivity contribution in [1.82, 2.24) is 0 Å². The molecular formula is C19H18FNO3.